The molecule has 4 rings (SSSR count). The number of urea groups is 1. The third-order valence-corrected chi connectivity index (χ3v) is 6.15. The van der Waals surface area contributed by atoms with Gasteiger partial charge in [-0.3, -0.25) is 14.5 Å². The van der Waals surface area contributed by atoms with Crippen LogP contribution in [-0.4, -0.2) is 37.5 Å². The number of amides is 2. The maximum atomic E-state index is 13.6. The molecule has 2 heterocycles. The second-order valence-electron chi connectivity index (χ2n) is 7.30. The fourth-order valence-corrected chi connectivity index (χ4v) is 4.79. The molecule has 0 spiro atoms. The first kappa shape index (κ1) is 24.6. The first-order valence-corrected chi connectivity index (χ1v) is 11.3. The van der Waals surface area contributed by atoms with Crippen molar-refractivity contribution in [2.75, 3.05) is 29.5 Å². The van der Waals surface area contributed by atoms with Gasteiger partial charge in [-0.25, -0.2) is 9.36 Å². The van der Waals surface area contributed by atoms with Crippen molar-refractivity contribution in [3.63, 3.8) is 0 Å². The molecule has 1 aliphatic rings. The van der Waals surface area contributed by atoms with E-state index in [1.807, 2.05) is 53.9 Å². The number of esters is 1. The summed E-state index contributed by atoms with van der Waals surface area (Å²) in [6.07, 6.45) is -0.360. The van der Waals surface area contributed by atoms with Gasteiger partial charge >= 0.3 is 17.1 Å². The number of benzene rings is 2. The molecule has 7 nitrogen and oxygen atoms in total. The van der Waals surface area contributed by atoms with Gasteiger partial charge in [0, 0.05) is 16.6 Å². The number of halogens is 1. The summed E-state index contributed by atoms with van der Waals surface area (Å²) in [7, 11) is 0. The number of Topliss-reactive ketones (excluding diaryl/α,β-unsaturated/α-hetero) is 1. The summed E-state index contributed by atoms with van der Waals surface area (Å²) in [6, 6.07) is 18.8. The second-order valence-corrected chi connectivity index (χ2v) is 8.13. The Labute approximate surface area is 207 Å². The maximum Gasteiger partial charge on any atom is 0.417 e. The summed E-state index contributed by atoms with van der Waals surface area (Å²) in [5.41, 5.74) is 2.76. The molecule has 1 aliphatic heterocycles. The highest BCUT2D eigenvalue weighted by Crippen LogP contribution is 2.30. The van der Waals surface area contributed by atoms with E-state index in [0.717, 1.165) is 16.4 Å². The molecule has 2 amide bonds. The molecular weight excluding hydrogens is 506 g/mol. The van der Waals surface area contributed by atoms with E-state index in [1.54, 1.807) is 24.0 Å². The van der Waals surface area contributed by atoms with E-state index in [2.05, 4.69) is 4.57 Å². The zero-order chi connectivity index (χ0) is 22.5. The van der Waals surface area contributed by atoms with Crippen LogP contribution in [0.1, 0.15) is 13.3 Å². The number of anilines is 2. The molecule has 33 heavy (non-hydrogen) atoms. The van der Waals surface area contributed by atoms with E-state index >= 15 is 0 Å². The molecule has 0 N–H and O–H groups in total. The molecule has 0 bridgehead atoms. The van der Waals surface area contributed by atoms with Crippen LogP contribution in [0.5, 0.6) is 0 Å². The predicted octanol–water partition coefficient (Wildman–Crippen LogP) is 0.675. The van der Waals surface area contributed by atoms with E-state index in [1.165, 1.54) is 16.2 Å². The minimum atomic E-state index is -0.581. The van der Waals surface area contributed by atoms with E-state index in [9.17, 15) is 14.4 Å². The molecule has 0 fully saturated rings. The number of para-hydroxylation sites is 1. The summed E-state index contributed by atoms with van der Waals surface area (Å²) < 4.78 is 7.00. The van der Waals surface area contributed by atoms with E-state index in [4.69, 9.17) is 4.74 Å². The smallest absolute Gasteiger partial charge is 0.417 e. The molecular formula is C24H24BrN3O4S. The molecule has 3 aromatic rings. The van der Waals surface area contributed by atoms with Crippen LogP contribution in [-0.2, 0) is 20.9 Å². The van der Waals surface area contributed by atoms with Crippen molar-refractivity contribution in [2.24, 2.45) is 0 Å². The van der Waals surface area contributed by atoms with Gasteiger partial charge in [0.1, 0.15) is 25.2 Å². The van der Waals surface area contributed by atoms with Gasteiger partial charge in [-0.15, -0.1) is 0 Å². The van der Waals surface area contributed by atoms with Crippen molar-refractivity contribution < 1.29 is 40.7 Å². The number of hydrogen-bond acceptors (Lipinski definition) is 5. The number of rotatable bonds is 7. The molecule has 9 heteroatoms. The third-order valence-electron chi connectivity index (χ3n) is 5.16. The Morgan fingerprint density at radius 3 is 2.39 bits per heavy atom. The highest BCUT2D eigenvalue weighted by molar-refractivity contribution is 7.13. The van der Waals surface area contributed by atoms with Crippen LogP contribution >= 0.6 is 11.3 Å². The number of hydrogen-bond donors (Lipinski definition) is 0. The van der Waals surface area contributed by atoms with Crippen LogP contribution in [0.3, 0.4) is 0 Å². The van der Waals surface area contributed by atoms with E-state index < -0.39 is 5.97 Å². The highest BCUT2D eigenvalue weighted by Gasteiger charge is 2.41. The van der Waals surface area contributed by atoms with Crippen molar-refractivity contribution in [1.29, 1.82) is 0 Å². The highest BCUT2D eigenvalue weighted by atomic mass is 79.9. The van der Waals surface area contributed by atoms with Gasteiger partial charge in [-0.1, -0.05) is 59.9 Å². The average Bonchev–Trinajstić information content (AvgIpc) is 3.41. The largest absolute Gasteiger partial charge is 1.00 e. The Hall–Kier alpha value is -3.04. The number of fused-ring (bicyclic) bond motifs is 1. The number of carbonyl (C=O) groups excluding carboxylic acids is 3. The zero-order valence-corrected chi connectivity index (χ0v) is 20.5. The molecule has 0 unspecified atom stereocenters. The monoisotopic (exact) mass is 529 g/mol. The average molecular weight is 530 g/mol. The lowest BCUT2D eigenvalue weighted by atomic mass is 10.2. The van der Waals surface area contributed by atoms with Gasteiger partial charge in [-0.2, -0.15) is 4.90 Å². The minimum absolute atomic E-state index is 0. The van der Waals surface area contributed by atoms with Crippen molar-refractivity contribution >= 4 is 39.9 Å². The van der Waals surface area contributed by atoms with E-state index in [0.29, 0.717) is 18.8 Å². The number of aromatic nitrogens is 1. The van der Waals surface area contributed by atoms with Crippen LogP contribution in [0, 0.1) is 0 Å². The fraction of sp³-hybridized carbons (Fsp3) is 0.250. The molecule has 0 radical (unpaired) electrons. The summed E-state index contributed by atoms with van der Waals surface area (Å²) in [5, 5.41) is 2.87. The first-order valence-electron chi connectivity index (χ1n) is 10.5. The number of ether oxygens (including phenoxy) is 1. The Morgan fingerprint density at radius 1 is 1.06 bits per heavy atom. The topological polar surface area (TPSA) is 70.8 Å². The Bertz CT molecular complexity index is 1120. The standard InChI is InChI=1S/C24H24N3O4S.BrH/c1-2-31-22(29)15-20(28)16-27(19-11-7-4-8-12-19)23(30)26-14-13-25-21(17-32-24(25)26)18-9-5-3-6-10-18;/h3-12,17H,2,13-16H2,1H3;1H/q+1;/p-1. The van der Waals surface area contributed by atoms with Crippen LogP contribution in [0.2, 0.25) is 0 Å². The van der Waals surface area contributed by atoms with Gasteiger partial charge in [-0.05, 0) is 19.1 Å². The lowest BCUT2D eigenvalue weighted by Crippen LogP contribution is -3.00. The SMILES string of the molecule is CCOC(=O)CC(=O)CN(C(=O)N1CC[n+]2c(-c3ccccc3)csc21)c1ccccc1.[Br-]. The fourth-order valence-electron chi connectivity index (χ4n) is 3.70. The predicted molar refractivity (Wildman–Crippen MR) is 123 cm³/mol. The van der Waals surface area contributed by atoms with Crippen molar-refractivity contribution in [3.8, 4) is 11.3 Å². The summed E-state index contributed by atoms with van der Waals surface area (Å²) >= 11 is 1.50. The number of ketones is 1. The number of nitrogens with zero attached hydrogens (tertiary/aromatic N) is 3. The van der Waals surface area contributed by atoms with Crippen molar-refractivity contribution in [3.05, 3.63) is 66.0 Å². The molecule has 0 saturated carbocycles. The molecule has 0 aliphatic carbocycles. The van der Waals surface area contributed by atoms with Gasteiger partial charge < -0.3 is 21.7 Å². The Morgan fingerprint density at radius 2 is 1.73 bits per heavy atom. The van der Waals surface area contributed by atoms with Gasteiger partial charge in [0.2, 0.25) is 0 Å². The molecule has 2 aromatic carbocycles. The lowest BCUT2D eigenvalue weighted by Gasteiger charge is -2.22. The minimum Gasteiger partial charge on any atom is -1.00 e. The normalized spacial score (nSPS) is 12.0. The zero-order valence-electron chi connectivity index (χ0n) is 18.1. The molecule has 0 atom stereocenters. The molecule has 0 saturated heterocycles. The number of carbonyl (C=O) groups is 3. The second kappa shape index (κ2) is 11.2. The quantitative estimate of drug-likeness (QED) is 0.256. The first-order chi connectivity index (χ1) is 15.6. The Kier molecular flexibility index (Phi) is 8.35. The molecule has 1 aromatic heterocycles. The molecule has 172 valence electrons. The van der Waals surface area contributed by atoms with Crippen molar-refractivity contribution in [1.82, 2.24) is 0 Å². The van der Waals surface area contributed by atoms with E-state index in [-0.39, 0.29) is 48.4 Å². The van der Waals surface area contributed by atoms with Gasteiger partial charge in [0.05, 0.1) is 13.2 Å². The van der Waals surface area contributed by atoms with Crippen LogP contribution in [0.25, 0.3) is 11.3 Å². The maximum absolute atomic E-state index is 13.6. The van der Waals surface area contributed by atoms with Crippen LogP contribution in [0.15, 0.2) is 66.0 Å². The number of thiazole rings is 1. The Balaban J connectivity index is 0.00000306. The van der Waals surface area contributed by atoms with Crippen molar-refractivity contribution in [2.45, 2.75) is 19.9 Å². The van der Waals surface area contributed by atoms with Gasteiger partial charge in [0.25, 0.3) is 0 Å². The summed E-state index contributed by atoms with van der Waals surface area (Å²) in [5.74, 6) is -0.952. The lowest BCUT2D eigenvalue weighted by molar-refractivity contribution is -0.655. The third kappa shape index (κ3) is 5.48. The van der Waals surface area contributed by atoms with Crippen LogP contribution in [0.4, 0.5) is 15.6 Å². The van der Waals surface area contributed by atoms with Gasteiger partial charge in [0.15, 0.2) is 5.78 Å². The summed E-state index contributed by atoms with van der Waals surface area (Å²) in [4.78, 5) is 41.0. The van der Waals surface area contributed by atoms with Crippen LogP contribution < -0.4 is 31.3 Å². The summed E-state index contributed by atoms with van der Waals surface area (Å²) in [6.45, 7) is 2.89.